The predicted molar refractivity (Wildman–Crippen MR) is 143 cm³/mol. The SMILES string of the molecule is CCCCOC(=O)C1CCC(C(C)(O)c2ncc(-c3cc(C)cc(Nc4nccc(C(F)F)n4)c3)s2)CC1. The number of thiazole rings is 1. The van der Waals surface area contributed by atoms with Crippen molar-refractivity contribution in [3.63, 3.8) is 0 Å². The molecular weight excluding hydrogens is 510 g/mol. The molecule has 7 nitrogen and oxygen atoms in total. The number of aliphatic hydroxyl groups is 1. The first-order valence-electron chi connectivity index (χ1n) is 13.0. The highest BCUT2D eigenvalue weighted by Gasteiger charge is 2.40. The number of esters is 1. The van der Waals surface area contributed by atoms with Crippen LogP contribution in [0.5, 0.6) is 0 Å². The molecule has 1 fully saturated rings. The molecule has 0 aliphatic heterocycles. The molecular formula is C28H34F2N4O3S. The third-order valence-electron chi connectivity index (χ3n) is 7.06. The van der Waals surface area contributed by atoms with Crippen molar-refractivity contribution in [1.29, 1.82) is 0 Å². The van der Waals surface area contributed by atoms with Gasteiger partial charge in [-0.25, -0.2) is 23.7 Å². The van der Waals surface area contributed by atoms with Gasteiger partial charge in [0, 0.05) is 18.1 Å². The number of carbonyl (C=O) groups excluding carboxylic acids is 1. The molecule has 1 aliphatic carbocycles. The lowest BCUT2D eigenvalue weighted by Gasteiger charge is -2.36. The Morgan fingerprint density at radius 3 is 2.71 bits per heavy atom. The molecule has 1 atom stereocenters. The molecule has 38 heavy (non-hydrogen) atoms. The number of hydrogen-bond acceptors (Lipinski definition) is 8. The molecule has 204 valence electrons. The number of hydrogen-bond donors (Lipinski definition) is 2. The quantitative estimate of drug-likeness (QED) is 0.211. The van der Waals surface area contributed by atoms with Crippen molar-refractivity contribution in [1.82, 2.24) is 15.0 Å². The Morgan fingerprint density at radius 1 is 1.24 bits per heavy atom. The lowest BCUT2D eigenvalue weighted by molar-refractivity contribution is -0.151. The van der Waals surface area contributed by atoms with Gasteiger partial charge < -0.3 is 15.2 Å². The smallest absolute Gasteiger partial charge is 0.308 e. The van der Waals surface area contributed by atoms with Crippen LogP contribution < -0.4 is 5.32 Å². The number of halogens is 2. The molecule has 0 saturated heterocycles. The predicted octanol–water partition coefficient (Wildman–Crippen LogP) is 6.95. The number of aromatic nitrogens is 3. The number of aryl methyl sites for hydroxylation is 1. The summed E-state index contributed by atoms with van der Waals surface area (Å²) in [5, 5.41) is 15.1. The Morgan fingerprint density at radius 2 is 2.00 bits per heavy atom. The van der Waals surface area contributed by atoms with Crippen molar-refractivity contribution < 1.29 is 23.4 Å². The summed E-state index contributed by atoms with van der Waals surface area (Å²) in [4.78, 5) is 25.7. The number of anilines is 2. The monoisotopic (exact) mass is 544 g/mol. The van der Waals surface area contributed by atoms with Gasteiger partial charge in [-0.2, -0.15) is 0 Å². The van der Waals surface area contributed by atoms with Gasteiger partial charge >= 0.3 is 5.97 Å². The summed E-state index contributed by atoms with van der Waals surface area (Å²) >= 11 is 1.43. The van der Waals surface area contributed by atoms with Crippen molar-refractivity contribution >= 4 is 28.9 Å². The van der Waals surface area contributed by atoms with E-state index in [2.05, 4.69) is 27.2 Å². The van der Waals surface area contributed by atoms with Crippen molar-refractivity contribution in [3.05, 3.63) is 52.9 Å². The number of alkyl halides is 2. The third kappa shape index (κ3) is 6.71. The van der Waals surface area contributed by atoms with Gasteiger partial charge in [-0.3, -0.25) is 4.79 Å². The molecule has 1 aromatic carbocycles. The van der Waals surface area contributed by atoms with E-state index in [0.717, 1.165) is 41.7 Å². The van der Waals surface area contributed by atoms with E-state index in [1.165, 1.54) is 23.6 Å². The highest BCUT2D eigenvalue weighted by atomic mass is 32.1. The van der Waals surface area contributed by atoms with E-state index in [1.54, 1.807) is 13.1 Å². The van der Waals surface area contributed by atoms with E-state index < -0.39 is 12.0 Å². The van der Waals surface area contributed by atoms with Gasteiger partial charge in [-0.1, -0.05) is 19.4 Å². The zero-order valence-corrected chi connectivity index (χ0v) is 22.7. The van der Waals surface area contributed by atoms with Crippen LogP contribution in [0, 0.1) is 18.8 Å². The van der Waals surface area contributed by atoms with Gasteiger partial charge in [-0.15, -0.1) is 11.3 Å². The van der Waals surface area contributed by atoms with Crippen LogP contribution in [0.15, 0.2) is 36.7 Å². The molecule has 1 aliphatic rings. The lowest BCUT2D eigenvalue weighted by Crippen LogP contribution is -2.36. The van der Waals surface area contributed by atoms with Crippen molar-refractivity contribution in [2.24, 2.45) is 11.8 Å². The number of benzene rings is 1. The maximum atomic E-state index is 13.0. The van der Waals surface area contributed by atoms with Crippen LogP contribution in [0.4, 0.5) is 20.4 Å². The molecule has 2 N–H and O–H groups in total. The van der Waals surface area contributed by atoms with Gasteiger partial charge in [0.15, 0.2) is 0 Å². The van der Waals surface area contributed by atoms with Gasteiger partial charge in [0.05, 0.1) is 17.4 Å². The van der Waals surface area contributed by atoms with Crippen molar-refractivity contribution in [3.8, 4) is 10.4 Å². The van der Waals surface area contributed by atoms with Crippen LogP contribution in [-0.4, -0.2) is 32.6 Å². The highest BCUT2D eigenvalue weighted by molar-refractivity contribution is 7.15. The fourth-order valence-electron chi connectivity index (χ4n) is 4.82. The van der Waals surface area contributed by atoms with Crippen LogP contribution in [-0.2, 0) is 15.1 Å². The zero-order chi connectivity index (χ0) is 27.3. The van der Waals surface area contributed by atoms with Gasteiger partial charge in [-0.05, 0) is 81.2 Å². The Balaban J connectivity index is 1.44. The average Bonchev–Trinajstić information content (AvgIpc) is 3.40. The van der Waals surface area contributed by atoms with Gasteiger partial charge in [0.25, 0.3) is 6.43 Å². The van der Waals surface area contributed by atoms with Crippen LogP contribution in [0.2, 0.25) is 0 Å². The fraction of sp³-hybridized carbons (Fsp3) is 0.500. The number of ether oxygens (including phenoxy) is 1. The second kappa shape index (κ2) is 12.3. The lowest BCUT2D eigenvalue weighted by atomic mass is 9.74. The third-order valence-corrected chi connectivity index (χ3v) is 8.33. The highest BCUT2D eigenvalue weighted by Crippen LogP contribution is 2.43. The minimum atomic E-state index is -2.68. The number of carbonyl (C=O) groups is 1. The standard InChI is InChI=1S/C28H34F2N4O3S/c1-4-5-12-37-25(35)18-6-8-20(9-7-18)28(3,36)26-32-16-23(38-26)19-13-17(2)14-21(15-19)33-27-31-11-10-22(34-27)24(29)30/h10-11,13-16,18,20,24,36H,4-9,12H2,1-3H3,(H,31,33,34). The summed E-state index contributed by atoms with van der Waals surface area (Å²) in [7, 11) is 0. The largest absolute Gasteiger partial charge is 0.465 e. The van der Waals surface area contributed by atoms with Crippen LogP contribution in [0.1, 0.15) is 75.1 Å². The summed E-state index contributed by atoms with van der Waals surface area (Å²) in [5.74, 6) is -0.134. The van der Waals surface area contributed by atoms with Crippen molar-refractivity contribution in [2.75, 3.05) is 11.9 Å². The molecule has 0 bridgehead atoms. The number of nitrogens with zero attached hydrogens (tertiary/aromatic N) is 3. The zero-order valence-electron chi connectivity index (χ0n) is 21.9. The first-order valence-corrected chi connectivity index (χ1v) is 13.8. The molecule has 2 heterocycles. The molecule has 4 rings (SSSR count). The molecule has 1 saturated carbocycles. The normalized spacial score (nSPS) is 19.2. The summed E-state index contributed by atoms with van der Waals surface area (Å²) in [5.41, 5.74) is 1.05. The summed E-state index contributed by atoms with van der Waals surface area (Å²) < 4.78 is 31.4. The Hall–Kier alpha value is -2.98. The number of rotatable bonds is 10. The van der Waals surface area contributed by atoms with E-state index in [-0.39, 0.29) is 29.4 Å². The summed E-state index contributed by atoms with van der Waals surface area (Å²) in [6.45, 7) is 6.28. The molecule has 0 amide bonds. The van der Waals surface area contributed by atoms with E-state index in [1.807, 2.05) is 25.1 Å². The molecule has 0 spiro atoms. The summed E-state index contributed by atoms with van der Waals surface area (Å²) in [6.07, 6.45) is 5.09. The maximum Gasteiger partial charge on any atom is 0.308 e. The molecule has 0 radical (unpaired) electrons. The minimum Gasteiger partial charge on any atom is -0.465 e. The molecule has 2 aromatic heterocycles. The van der Waals surface area contributed by atoms with Crippen LogP contribution in [0.25, 0.3) is 10.4 Å². The Labute approximate surface area is 225 Å². The second-order valence-corrected chi connectivity index (χ2v) is 11.1. The first kappa shape index (κ1) is 28.0. The van der Waals surface area contributed by atoms with E-state index in [4.69, 9.17) is 4.74 Å². The minimum absolute atomic E-state index is 0.00445. The first-order chi connectivity index (χ1) is 18.2. The van der Waals surface area contributed by atoms with E-state index in [9.17, 15) is 18.7 Å². The number of nitrogens with one attached hydrogen (secondary N) is 1. The molecule has 10 heteroatoms. The summed E-state index contributed by atoms with van der Waals surface area (Å²) in [6, 6.07) is 6.95. The molecule has 3 aromatic rings. The van der Waals surface area contributed by atoms with Gasteiger partial charge in [0.1, 0.15) is 16.3 Å². The van der Waals surface area contributed by atoms with Crippen LogP contribution in [0.3, 0.4) is 0 Å². The van der Waals surface area contributed by atoms with E-state index >= 15 is 0 Å². The maximum absolute atomic E-state index is 13.0. The number of unbranched alkanes of at least 4 members (excludes halogenated alkanes) is 1. The average molecular weight is 545 g/mol. The van der Waals surface area contributed by atoms with Crippen LogP contribution >= 0.6 is 11.3 Å². The molecule has 1 unspecified atom stereocenters. The van der Waals surface area contributed by atoms with E-state index in [0.29, 0.717) is 30.1 Å². The topological polar surface area (TPSA) is 97.2 Å². The van der Waals surface area contributed by atoms with Crippen molar-refractivity contribution in [2.45, 2.75) is 71.3 Å². The Kier molecular flexibility index (Phi) is 9.04. The van der Waals surface area contributed by atoms with Gasteiger partial charge in [0.2, 0.25) is 5.95 Å². The fourth-order valence-corrected chi connectivity index (χ4v) is 5.85. The second-order valence-electron chi connectivity index (χ2n) is 10.1. The Bertz CT molecular complexity index is 1240.